The van der Waals surface area contributed by atoms with Gasteiger partial charge in [-0.3, -0.25) is 9.36 Å². The van der Waals surface area contributed by atoms with Crippen molar-refractivity contribution in [3.63, 3.8) is 0 Å². The van der Waals surface area contributed by atoms with Crippen LogP contribution in [0, 0.1) is 0 Å². The Bertz CT molecular complexity index is 1600. The van der Waals surface area contributed by atoms with Crippen LogP contribution in [0.5, 0.6) is 17.2 Å². The number of methoxy groups -OCH3 is 1. The highest BCUT2D eigenvalue weighted by molar-refractivity contribution is 9.10. The van der Waals surface area contributed by atoms with Crippen LogP contribution in [0.3, 0.4) is 0 Å². The molecule has 10 heteroatoms. The average molecular weight is 616 g/mol. The molecular formula is C29H31BrN2O6S. The normalized spacial score (nSPS) is 15.2. The SMILES string of the molecule is CCOC(=O)C1=C(C)N=c2s/c(=C\c3ccc(OC(C)C)c(OCC)c3)c(=O)n2[C@H]1c1ccc(OC)c(Br)c1. The largest absolute Gasteiger partial charge is 0.496 e. The summed E-state index contributed by atoms with van der Waals surface area (Å²) in [4.78, 5) is 32.1. The maximum Gasteiger partial charge on any atom is 0.338 e. The van der Waals surface area contributed by atoms with E-state index < -0.39 is 12.0 Å². The number of allylic oxidation sites excluding steroid dienone is 1. The van der Waals surface area contributed by atoms with Crippen LogP contribution >= 0.6 is 27.3 Å². The van der Waals surface area contributed by atoms with E-state index in [-0.39, 0.29) is 18.3 Å². The van der Waals surface area contributed by atoms with Crippen molar-refractivity contribution >= 4 is 39.3 Å². The number of aromatic nitrogens is 1. The molecule has 8 nitrogen and oxygen atoms in total. The summed E-state index contributed by atoms with van der Waals surface area (Å²) in [6, 6.07) is 10.3. The monoisotopic (exact) mass is 614 g/mol. The standard InChI is InChI=1S/C29H31BrN2O6S/c1-7-36-23-13-18(9-11-22(23)38-16(3)4)14-24-27(33)32-26(19-10-12-21(35-6)20(30)15-19)25(28(34)37-8-2)17(5)31-29(32)39-24/h9-16,26H,7-8H2,1-6H3/b24-14-/t26-/m0/s1. The van der Waals surface area contributed by atoms with Crippen molar-refractivity contribution in [2.24, 2.45) is 4.99 Å². The molecule has 0 bridgehead atoms. The zero-order chi connectivity index (χ0) is 28.3. The van der Waals surface area contributed by atoms with Gasteiger partial charge in [0, 0.05) is 0 Å². The number of hydrogen-bond donors (Lipinski definition) is 0. The zero-order valence-corrected chi connectivity index (χ0v) is 25.1. The van der Waals surface area contributed by atoms with E-state index in [4.69, 9.17) is 18.9 Å². The summed E-state index contributed by atoms with van der Waals surface area (Å²) < 4.78 is 25.2. The molecule has 0 unspecified atom stereocenters. The number of ether oxygens (including phenoxy) is 4. The third kappa shape index (κ3) is 5.96. The molecule has 0 fully saturated rings. The van der Waals surface area contributed by atoms with Gasteiger partial charge < -0.3 is 18.9 Å². The number of fused-ring (bicyclic) bond motifs is 1. The Hall–Kier alpha value is -3.37. The maximum absolute atomic E-state index is 13.9. The van der Waals surface area contributed by atoms with Crippen LogP contribution in [0.4, 0.5) is 0 Å². The summed E-state index contributed by atoms with van der Waals surface area (Å²) in [7, 11) is 1.58. The second kappa shape index (κ2) is 12.2. The van der Waals surface area contributed by atoms with E-state index in [2.05, 4.69) is 20.9 Å². The van der Waals surface area contributed by atoms with Crippen molar-refractivity contribution in [1.82, 2.24) is 4.57 Å². The van der Waals surface area contributed by atoms with Crippen molar-refractivity contribution in [3.8, 4) is 17.2 Å². The maximum atomic E-state index is 13.9. The van der Waals surface area contributed by atoms with Crippen molar-refractivity contribution in [2.45, 2.75) is 46.8 Å². The Kier molecular flexibility index (Phi) is 8.97. The molecule has 0 amide bonds. The van der Waals surface area contributed by atoms with Gasteiger partial charge in [0.1, 0.15) is 5.75 Å². The number of hydrogen-bond acceptors (Lipinski definition) is 8. The summed E-state index contributed by atoms with van der Waals surface area (Å²) in [5, 5.41) is 0. The first-order chi connectivity index (χ1) is 18.7. The Labute approximate surface area is 239 Å². The van der Waals surface area contributed by atoms with Crippen LogP contribution in [-0.4, -0.2) is 37.0 Å². The molecule has 2 aromatic carbocycles. The first kappa shape index (κ1) is 28.6. The predicted molar refractivity (Wildman–Crippen MR) is 154 cm³/mol. The van der Waals surface area contributed by atoms with Gasteiger partial charge in [0.2, 0.25) is 0 Å². The van der Waals surface area contributed by atoms with E-state index in [9.17, 15) is 9.59 Å². The van der Waals surface area contributed by atoms with Crippen molar-refractivity contribution < 1.29 is 23.7 Å². The molecule has 39 heavy (non-hydrogen) atoms. The summed E-state index contributed by atoms with van der Waals surface area (Å²) in [6.45, 7) is 10.0. The van der Waals surface area contributed by atoms with Crippen molar-refractivity contribution in [2.75, 3.05) is 20.3 Å². The molecule has 1 aromatic heterocycles. The minimum atomic E-state index is -0.717. The van der Waals surface area contributed by atoms with Gasteiger partial charge in [-0.1, -0.05) is 23.5 Å². The van der Waals surface area contributed by atoms with Gasteiger partial charge in [-0.25, -0.2) is 9.79 Å². The van der Waals surface area contributed by atoms with Gasteiger partial charge in [0.15, 0.2) is 16.3 Å². The first-order valence-electron chi connectivity index (χ1n) is 12.6. The van der Waals surface area contributed by atoms with E-state index in [1.165, 1.54) is 11.3 Å². The summed E-state index contributed by atoms with van der Waals surface area (Å²) >= 11 is 4.80. The van der Waals surface area contributed by atoms with Gasteiger partial charge in [-0.05, 0) is 92.0 Å². The van der Waals surface area contributed by atoms with Gasteiger partial charge in [-0.15, -0.1) is 0 Å². The molecule has 2 heterocycles. The molecule has 0 radical (unpaired) electrons. The molecule has 4 rings (SSSR count). The van der Waals surface area contributed by atoms with E-state index in [1.54, 1.807) is 37.7 Å². The van der Waals surface area contributed by atoms with Gasteiger partial charge >= 0.3 is 5.97 Å². The molecule has 0 N–H and O–H groups in total. The van der Waals surface area contributed by atoms with Gasteiger partial charge in [0.25, 0.3) is 5.56 Å². The molecule has 1 aliphatic rings. The van der Waals surface area contributed by atoms with E-state index >= 15 is 0 Å². The zero-order valence-electron chi connectivity index (χ0n) is 22.7. The molecule has 0 spiro atoms. The number of benzene rings is 2. The molecule has 3 aromatic rings. The minimum Gasteiger partial charge on any atom is -0.496 e. The molecular weight excluding hydrogens is 584 g/mol. The lowest BCUT2D eigenvalue weighted by molar-refractivity contribution is -0.139. The number of carbonyl (C=O) groups is 1. The van der Waals surface area contributed by atoms with Crippen LogP contribution in [0.25, 0.3) is 6.08 Å². The number of nitrogens with zero attached hydrogens (tertiary/aromatic N) is 2. The highest BCUT2D eigenvalue weighted by Crippen LogP contribution is 2.35. The van der Waals surface area contributed by atoms with Gasteiger partial charge in [0.05, 0.1) is 52.7 Å². The smallest absolute Gasteiger partial charge is 0.338 e. The minimum absolute atomic E-state index is 0.00595. The number of rotatable bonds is 9. The van der Waals surface area contributed by atoms with E-state index in [0.717, 1.165) is 11.1 Å². The number of esters is 1. The topological polar surface area (TPSA) is 88.4 Å². The Balaban J connectivity index is 1.89. The third-order valence-corrected chi connectivity index (χ3v) is 7.54. The lowest BCUT2D eigenvalue weighted by Gasteiger charge is -2.25. The molecule has 0 aliphatic carbocycles. The fraction of sp³-hybridized carbons (Fsp3) is 0.345. The van der Waals surface area contributed by atoms with Crippen molar-refractivity contribution in [1.29, 1.82) is 0 Å². The molecule has 0 saturated heterocycles. The lowest BCUT2D eigenvalue weighted by Crippen LogP contribution is -2.39. The highest BCUT2D eigenvalue weighted by Gasteiger charge is 2.33. The van der Waals surface area contributed by atoms with E-state index in [1.807, 2.05) is 51.1 Å². The molecule has 1 atom stereocenters. The van der Waals surface area contributed by atoms with Crippen LogP contribution in [0.1, 0.15) is 51.8 Å². The third-order valence-electron chi connectivity index (χ3n) is 5.94. The number of thiazole rings is 1. The van der Waals surface area contributed by atoms with Crippen LogP contribution in [0.15, 0.2) is 61.9 Å². The van der Waals surface area contributed by atoms with Crippen LogP contribution in [-0.2, 0) is 9.53 Å². The highest BCUT2D eigenvalue weighted by atomic mass is 79.9. The molecule has 206 valence electrons. The van der Waals surface area contributed by atoms with Crippen LogP contribution in [0.2, 0.25) is 0 Å². The summed E-state index contributed by atoms with van der Waals surface area (Å²) in [5.41, 5.74) is 2.07. The summed E-state index contributed by atoms with van der Waals surface area (Å²) in [5.74, 6) is 1.38. The molecule has 0 saturated carbocycles. The summed E-state index contributed by atoms with van der Waals surface area (Å²) in [6.07, 6.45) is 1.80. The Morgan fingerprint density at radius 2 is 1.87 bits per heavy atom. The van der Waals surface area contributed by atoms with Crippen molar-refractivity contribution in [3.05, 3.63) is 83.0 Å². The first-order valence-corrected chi connectivity index (χ1v) is 14.3. The fourth-order valence-corrected chi connectivity index (χ4v) is 5.95. The second-order valence-electron chi connectivity index (χ2n) is 9.00. The fourth-order valence-electron chi connectivity index (χ4n) is 4.35. The second-order valence-corrected chi connectivity index (χ2v) is 10.9. The van der Waals surface area contributed by atoms with Gasteiger partial charge in [-0.2, -0.15) is 0 Å². The Morgan fingerprint density at radius 1 is 1.13 bits per heavy atom. The van der Waals surface area contributed by atoms with E-state index in [0.29, 0.717) is 48.9 Å². The predicted octanol–water partition coefficient (Wildman–Crippen LogP) is 4.76. The lowest BCUT2D eigenvalue weighted by atomic mass is 9.96. The average Bonchev–Trinajstić information content (AvgIpc) is 3.18. The quantitative estimate of drug-likeness (QED) is 0.323. The number of carbonyl (C=O) groups excluding carboxylic acids is 1. The number of halogens is 1. The van der Waals surface area contributed by atoms with Crippen LogP contribution < -0.4 is 29.1 Å². The molecule has 1 aliphatic heterocycles. The Morgan fingerprint density at radius 3 is 2.51 bits per heavy atom.